The van der Waals surface area contributed by atoms with E-state index < -0.39 is 12.0 Å². The van der Waals surface area contributed by atoms with Crippen LogP contribution in [0.25, 0.3) is 0 Å². The minimum Gasteiger partial charge on any atom is -0.490 e. The van der Waals surface area contributed by atoms with E-state index >= 15 is 0 Å². The van der Waals surface area contributed by atoms with Crippen LogP contribution in [-0.4, -0.2) is 18.6 Å². The third-order valence-corrected chi connectivity index (χ3v) is 1.94. The van der Waals surface area contributed by atoms with E-state index in [9.17, 15) is 13.6 Å². The Morgan fingerprint density at radius 2 is 2.00 bits per heavy atom. The highest BCUT2D eigenvalue weighted by Gasteiger charge is 2.42. The second-order valence-corrected chi connectivity index (χ2v) is 3.39. The summed E-state index contributed by atoms with van der Waals surface area (Å²) in [7, 11) is 0. The monoisotopic (exact) mass is 260 g/mol. The first kappa shape index (κ1) is 14.2. The lowest BCUT2D eigenvalue weighted by molar-refractivity contribution is -0.193. The molecule has 0 aliphatic rings. The van der Waals surface area contributed by atoms with Crippen molar-refractivity contribution in [2.45, 2.75) is 19.5 Å². The second-order valence-electron chi connectivity index (χ2n) is 3.39. The Kier molecular flexibility index (Phi) is 4.85. The van der Waals surface area contributed by atoms with Gasteiger partial charge in [-0.25, -0.2) is 5.84 Å². The van der Waals surface area contributed by atoms with Gasteiger partial charge < -0.3 is 9.47 Å². The van der Waals surface area contributed by atoms with Crippen molar-refractivity contribution in [2.24, 2.45) is 5.84 Å². The summed E-state index contributed by atoms with van der Waals surface area (Å²) in [6.07, 6.45) is -3.34. The summed E-state index contributed by atoms with van der Waals surface area (Å²) in [5.74, 6) is 2.83. The number of carbonyl (C=O) groups excluding carboxylic acids is 1. The molecule has 1 aromatic rings. The molecule has 0 bridgehead atoms. The molecule has 3 N–H and O–H groups in total. The first-order chi connectivity index (χ1) is 8.51. The fourth-order valence-corrected chi connectivity index (χ4v) is 1.13. The molecule has 0 fully saturated rings. The number of amides is 1. The molecule has 1 aromatic carbocycles. The first-order valence-electron chi connectivity index (χ1n) is 5.31. The number of benzene rings is 1. The molecule has 5 nitrogen and oxygen atoms in total. The van der Waals surface area contributed by atoms with Crippen LogP contribution in [0.4, 0.5) is 8.78 Å². The lowest BCUT2D eigenvalue weighted by atomic mass is 10.3. The van der Waals surface area contributed by atoms with Gasteiger partial charge >= 0.3 is 12.0 Å². The molecule has 100 valence electrons. The van der Waals surface area contributed by atoms with Crippen molar-refractivity contribution in [3.8, 4) is 11.5 Å². The van der Waals surface area contributed by atoms with Crippen LogP contribution >= 0.6 is 0 Å². The Labute approximate surface area is 103 Å². The number of nitrogens with one attached hydrogen (secondary N) is 1. The topological polar surface area (TPSA) is 73.6 Å². The van der Waals surface area contributed by atoms with Crippen LogP contribution in [0, 0.1) is 0 Å². The third kappa shape index (κ3) is 3.56. The van der Waals surface area contributed by atoms with Crippen LogP contribution in [0.15, 0.2) is 24.3 Å². The van der Waals surface area contributed by atoms with Crippen molar-refractivity contribution in [1.82, 2.24) is 5.43 Å². The number of halogens is 2. The maximum Gasteiger partial charge on any atom is 0.483 e. The molecule has 18 heavy (non-hydrogen) atoms. The zero-order valence-electron chi connectivity index (χ0n) is 9.78. The maximum atomic E-state index is 13.2. The molecule has 1 rings (SSSR count). The minimum atomic E-state index is -4.06. The van der Waals surface area contributed by atoms with Gasteiger partial charge in [0.05, 0.1) is 6.61 Å². The molecule has 0 aromatic heterocycles. The standard InChI is InChI=1S/C11H14F2N2O3/c1-2-7-17-8-5-3-4-6-9(8)18-11(12,13)10(16)15-14/h3-6H,2,7,14H2,1H3,(H,15,16). The van der Waals surface area contributed by atoms with Crippen molar-refractivity contribution in [2.75, 3.05) is 6.61 Å². The molecule has 7 heteroatoms. The zero-order chi connectivity index (χ0) is 13.6. The maximum absolute atomic E-state index is 13.2. The van der Waals surface area contributed by atoms with Gasteiger partial charge in [0.1, 0.15) is 0 Å². The van der Waals surface area contributed by atoms with E-state index in [0.717, 1.165) is 0 Å². The zero-order valence-corrected chi connectivity index (χ0v) is 9.78. The normalized spacial score (nSPS) is 10.9. The highest BCUT2D eigenvalue weighted by molar-refractivity contribution is 5.81. The summed E-state index contributed by atoms with van der Waals surface area (Å²) in [6, 6.07) is 5.85. The number of alkyl halides is 2. The van der Waals surface area contributed by atoms with E-state index in [0.29, 0.717) is 13.0 Å². The van der Waals surface area contributed by atoms with Gasteiger partial charge in [0.2, 0.25) is 0 Å². The third-order valence-electron chi connectivity index (χ3n) is 1.94. The summed E-state index contributed by atoms with van der Waals surface area (Å²) in [6.45, 7) is 2.23. The van der Waals surface area contributed by atoms with Gasteiger partial charge in [-0.1, -0.05) is 19.1 Å². The number of ether oxygens (including phenoxy) is 2. The summed E-state index contributed by atoms with van der Waals surface area (Å²) in [5, 5.41) is 0. The van der Waals surface area contributed by atoms with E-state index in [4.69, 9.17) is 4.74 Å². The van der Waals surface area contributed by atoms with Gasteiger partial charge in [0.25, 0.3) is 0 Å². The smallest absolute Gasteiger partial charge is 0.483 e. The van der Waals surface area contributed by atoms with Crippen LogP contribution in [0.5, 0.6) is 11.5 Å². The Hall–Kier alpha value is -1.89. The molecule has 0 unspecified atom stereocenters. The molecule has 0 atom stereocenters. The minimum absolute atomic E-state index is 0.142. The molecule has 0 saturated carbocycles. The molecule has 1 amide bonds. The van der Waals surface area contributed by atoms with Crippen molar-refractivity contribution >= 4 is 5.91 Å². The molecule has 0 spiro atoms. The first-order valence-corrected chi connectivity index (χ1v) is 5.31. The summed E-state index contributed by atoms with van der Waals surface area (Å²) in [5.41, 5.74) is 1.33. The second kappa shape index (κ2) is 6.15. The predicted molar refractivity (Wildman–Crippen MR) is 60.1 cm³/mol. The highest BCUT2D eigenvalue weighted by atomic mass is 19.3. The van der Waals surface area contributed by atoms with Crippen molar-refractivity contribution in [3.63, 3.8) is 0 Å². The molecular formula is C11H14F2N2O3. The van der Waals surface area contributed by atoms with Crippen molar-refractivity contribution in [3.05, 3.63) is 24.3 Å². The van der Waals surface area contributed by atoms with E-state index in [1.807, 2.05) is 6.92 Å². The van der Waals surface area contributed by atoms with E-state index in [1.165, 1.54) is 23.6 Å². The summed E-state index contributed by atoms with van der Waals surface area (Å²) < 4.78 is 36.0. The molecular weight excluding hydrogens is 246 g/mol. The van der Waals surface area contributed by atoms with Crippen LogP contribution in [0.1, 0.15) is 13.3 Å². The molecule has 0 saturated heterocycles. The highest BCUT2D eigenvalue weighted by Crippen LogP contribution is 2.31. The SMILES string of the molecule is CCCOc1ccccc1OC(F)(F)C(=O)NN. The molecule has 0 radical (unpaired) electrons. The number of rotatable bonds is 6. The van der Waals surface area contributed by atoms with E-state index in [1.54, 1.807) is 6.07 Å². The number of hydrazine groups is 1. The van der Waals surface area contributed by atoms with Crippen LogP contribution in [-0.2, 0) is 4.79 Å². The van der Waals surface area contributed by atoms with Gasteiger partial charge in [-0.2, -0.15) is 8.78 Å². The average Bonchev–Trinajstić information content (AvgIpc) is 2.36. The van der Waals surface area contributed by atoms with E-state index in [2.05, 4.69) is 10.6 Å². The molecule has 0 aliphatic heterocycles. The van der Waals surface area contributed by atoms with Gasteiger partial charge in [-0.15, -0.1) is 0 Å². The number of carbonyl (C=O) groups is 1. The summed E-state index contributed by atoms with van der Waals surface area (Å²) >= 11 is 0. The number of para-hydroxylation sites is 2. The van der Waals surface area contributed by atoms with Crippen LogP contribution < -0.4 is 20.7 Å². The quantitative estimate of drug-likeness (QED) is 0.461. The summed E-state index contributed by atoms with van der Waals surface area (Å²) in [4.78, 5) is 10.8. The van der Waals surface area contributed by atoms with Crippen molar-refractivity contribution < 1.29 is 23.0 Å². The molecule has 0 heterocycles. The fourth-order valence-electron chi connectivity index (χ4n) is 1.13. The van der Waals surface area contributed by atoms with Crippen molar-refractivity contribution in [1.29, 1.82) is 0 Å². The van der Waals surface area contributed by atoms with Crippen LogP contribution in [0.3, 0.4) is 0 Å². The predicted octanol–water partition coefficient (Wildman–Crippen LogP) is 1.44. The number of nitrogens with two attached hydrogens (primary N) is 1. The van der Waals surface area contributed by atoms with Crippen LogP contribution in [0.2, 0.25) is 0 Å². The lowest BCUT2D eigenvalue weighted by Crippen LogP contribution is -2.47. The average molecular weight is 260 g/mol. The number of hydrogen-bond donors (Lipinski definition) is 2. The van der Waals surface area contributed by atoms with Gasteiger partial charge in [0, 0.05) is 0 Å². The fraction of sp³-hybridized carbons (Fsp3) is 0.364. The Bertz CT molecular complexity index is 413. The largest absolute Gasteiger partial charge is 0.490 e. The van der Waals surface area contributed by atoms with Gasteiger partial charge in [0.15, 0.2) is 11.5 Å². The van der Waals surface area contributed by atoms with Gasteiger partial charge in [-0.05, 0) is 18.6 Å². The van der Waals surface area contributed by atoms with E-state index in [-0.39, 0.29) is 11.5 Å². The molecule has 0 aliphatic carbocycles. The Morgan fingerprint density at radius 1 is 1.39 bits per heavy atom. The Balaban J connectivity index is 2.86. The van der Waals surface area contributed by atoms with Gasteiger partial charge in [-0.3, -0.25) is 10.2 Å². The lowest BCUT2D eigenvalue weighted by Gasteiger charge is -2.18. The number of hydrogen-bond acceptors (Lipinski definition) is 4. The Morgan fingerprint density at radius 3 is 2.56 bits per heavy atom.